The van der Waals surface area contributed by atoms with Crippen molar-refractivity contribution in [3.8, 4) is 11.5 Å². The van der Waals surface area contributed by atoms with E-state index in [-0.39, 0.29) is 0 Å². The van der Waals surface area contributed by atoms with Gasteiger partial charge in [0.15, 0.2) is 11.5 Å². The minimum atomic E-state index is 0.342. The van der Waals surface area contributed by atoms with Crippen molar-refractivity contribution in [3.05, 3.63) is 23.8 Å². The summed E-state index contributed by atoms with van der Waals surface area (Å²) in [6.45, 7) is 10.1. The number of hydrogen-bond donors (Lipinski definition) is 1. The van der Waals surface area contributed by atoms with Gasteiger partial charge in [0, 0.05) is 19.6 Å². The van der Waals surface area contributed by atoms with E-state index in [9.17, 15) is 0 Å². The molecule has 0 radical (unpaired) electrons. The Kier molecular flexibility index (Phi) is 5.48. The molecule has 0 spiro atoms. The van der Waals surface area contributed by atoms with Crippen LogP contribution in [0.4, 0.5) is 0 Å². The van der Waals surface area contributed by atoms with Gasteiger partial charge in [-0.15, -0.1) is 0 Å². The molecule has 0 bridgehead atoms. The van der Waals surface area contributed by atoms with Gasteiger partial charge in [0.2, 0.25) is 6.79 Å². The topological polar surface area (TPSA) is 33.7 Å². The number of ether oxygens (including phenoxy) is 2. The molecule has 0 saturated heterocycles. The number of nitrogens with one attached hydrogen (secondary N) is 1. The quantitative estimate of drug-likeness (QED) is 0.730. The van der Waals surface area contributed by atoms with Gasteiger partial charge < -0.3 is 19.7 Å². The van der Waals surface area contributed by atoms with Crippen molar-refractivity contribution in [2.75, 3.05) is 33.0 Å². The minimum absolute atomic E-state index is 0.342. The van der Waals surface area contributed by atoms with E-state index < -0.39 is 0 Å². The SMILES string of the molecule is CCCN(CC)CCNCc1ccc2c(c1)OCO2. The summed E-state index contributed by atoms with van der Waals surface area (Å²) in [6, 6.07) is 6.12. The number of fused-ring (bicyclic) bond motifs is 1. The highest BCUT2D eigenvalue weighted by Gasteiger charge is 2.12. The normalized spacial score (nSPS) is 13.2. The van der Waals surface area contributed by atoms with E-state index in [1.165, 1.54) is 18.5 Å². The predicted octanol–water partition coefficient (Wildman–Crippen LogP) is 2.24. The first-order valence-electron chi connectivity index (χ1n) is 7.15. The third-order valence-corrected chi connectivity index (χ3v) is 3.36. The average molecular weight is 264 g/mol. The van der Waals surface area contributed by atoms with Crippen LogP contribution in [-0.4, -0.2) is 37.9 Å². The summed E-state index contributed by atoms with van der Waals surface area (Å²) in [4.78, 5) is 2.46. The summed E-state index contributed by atoms with van der Waals surface area (Å²) in [7, 11) is 0. The lowest BCUT2D eigenvalue weighted by Gasteiger charge is -2.19. The average Bonchev–Trinajstić information content (AvgIpc) is 2.89. The molecule has 0 aliphatic carbocycles. The Labute approximate surface area is 115 Å². The Morgan fingerprint density at radius 1 is 1.16 bits per heavy atom. The fourth-order valence-electron chi connectivity index (χ4n) is 2.27. The van der Waals surface area contributed by atoms with Gasteiger partial charge >= 0.3 is 0 Å². The van der Waals surface area contributed by atoms with E-state index >= 15 is 0 Å². The van der Waals surface area contributed by atoms with E-state index in [2.05, 4.69) is 36.2 Å². The van der Waals surface area contributed by atoms with Gasteiger partial charge in [-0.05, 0) is 37.2 Å². The van der Waals surface area contributed by atoms with Crippen molar-refractivity contribution in [2.45, 2.75) is 26.8 Å². The summed E-state index contributed by atoms with van der Waals surface area (Å²) in [5, 5.41) is 3.48. The van der Waals surface area contributed by atoms with E-state index in [1.807, 2.05) is 6.07 Å². The van der Waals surface area contributed by atoms with Crippen LogP contribution in [0.1, 0.15) is 25.8 Å². The summed E-state index contributed by atoms with van der Waals surface area (Å²) < 4.78 is 10.7. The van der Waals surface area contributed by atoms with Crippen molar-refractivity contribution in [2.24, 2.45) is 0 Å². The van der Waals surface area contributed by atoms with Crippen LogP contribution in [0.5, 0.6) is 11.5 Å². The summed E-state index contributed by atoms with van der Waals surface area (Å²) in [5.74, 6) is 1.71. The first-order valence-corrected chi connectivity index (χ1v) is 7.15. The smallest absolute Gasteiger partial charge is 0.231 e. The van der Waals surface area contributed by atoms with Crippen molar-refractivity contribution in [1.82, 2.24) is 10.2 Å². The highest BCUT2D eigenvalue weighted by atomic mass is 16.7. The largest absolute Gasteiger partial charge is 0.454 e. The number of likely N-dealkylation sites (N-methyl/N-ethyl adjacent to an activating group) is 1. The maximum absolute atomic E-state index is 5.37. The standard InChI is InChI=1S/C15H24N2O2/c1-3-8-17(4-2)9-7-16-11-13-5-6-14-15(10-13)19-12-18-14/h5-6,10,16H,3-4,7-9,11-12H2,1-2H3. The van der Waals surface area contributed by atoms with Crippen molar-refractivity contribution < 1.29 is 9.47 Å². The molecule has 0 aromatic heterocycles. The molecule has 0 atom stereocenters. The van der Waals surface area contributed by atoms with Crippen LogP contribution in [0.25, 0.3) is 0 Å². The van der Waals surface area contributed by atoms with Crippen LogP contribution in [0.2, 0.25) is 0 Å². The minimum Gasteiger partial charge on any atom is -0.454 e. The molecule has 0 unspecified atom stereocenters. The molecular weight excluding hydrogens is 240 g/mol. The lowest BCUT2D eigenvalue weighted by molar-refractivity contribution is 0.174. The molecule has 1 aromatic rings. The second-order valence-corrected chi connectivity index (χ2v) is 4.80. The molecule has 1 aliphatic rings. The molecule has 4 heteroatoms. The van der Waals surface area contributed by atoms with Gasteiger partial charge in [-0.2, -0.15) is 0 Å². The summed E-state index contributed by atoms with van der Waals surface area (Å²) in [6.07, 6.45) is 1.22. The predicted molar refractivity (Wildman–Crippen MR) is 76.7 cm³/mol. The lowest BCUT2D eigenvalue weighted by Crippen LogP contribution is -2.32. The monoisotopic (exact) mass is 264 g/mol. The summed E-state index contributed by atoms with van der Waals surface area (Å²) >= 11 is 0. The summed E-state index contributed by atoms with van der Waals surface area (Å²) in [5.41, 5.74) is 1.24. The van der Waals surface area contributed by atoms with Gasteiger partial charge in [-0.25, -0.2) is 0 Å². The van der Waals surface area contributed by atoms with Gasteiger partial charge in [0.25, 0.3) is 0 Å². The van der Waals surface area contributed by atoms with E-state index in [0.29, 0.717) is 6.79 Å². The third-order valence-electron chi connectivity index (χ3n) is 3.36. The molecule has 4 nitrogen and oxygen atoms in total. The molecular formula is C15H24N2O2. The fourth-order valence-corrected chi connectivity index (χ4v) is 2.27. The second kappa shape index (κ2) is 7.36. The Hall–Kier alpha value is -1.26. The molecule has 1 N–H and O–H groups in total. The maximum Gasteiger partial charge on any atom is 0.231 e. The Balaban J connectivity index is 1.71. The molecule has 106 valence electrons. The number of benzene rings is 1. The van der Waals surface area contributed by atoms with Gasteiger partial charge in [0.05, 0.1) is 0 Å². The van der Waals surface area contributed by atoms with E-state index in [0.717, 1.165) is 37.7 Å². The number of nitrogens with zero attached hydrogens (tertiary/aromatic N) is 1. The first kappa shape index (κ1) is 14.2. The molecule has 1 aromatic carbocycles. The molecule has 2 rings (SSSR count). The van der Waals surface area contributed by atoms with Crippen molar-refractivity contribution >= 4 is 0 Å². The van der Waals surface area contributed by atoms with Crippen molar-refractivity contribution in [3.63, 3.8) is 0 Å². The molecule has 1 aliphatic heterocycles. The Morgan fingerprint density at radius 2 is 2.00 bits per heavy atom. The zero-order valence-electron chi connectivity index (χ0n) is 11.9. The Bertz CT molecular complexity index is 396. The second-order valence-electron chi connectivity index (χ2n) is 4.80. The highest BCUT2D eigenvalue weighted by molar-refractivity contribution is 5.44. The van der Waals surface area contributed by atoms with Gasteiger partial charge in [-0.3, -0.25) is 0 Å². The van der Waals surface area contributed by atoms with Crippen LogP contribution in [-0.2, 0) is 6.54 Å². The molecule has 0 amide bonds. The molecule has 1 heterocycles. The molecule has 0 fully saturated rings. The zero-order valence-corrected chi connectivity index (χ0v) is 11.9. The van der Waals surface area contributed by atoms with Crippen molar-refractivity contribution in [1.29, 1.82) is 0 Å². The van der Waals surface area contributed by atoms with E-state index in [1.54, 1.807) is 0 Å². The van der Waals surface area contributed by atoms with Crippen LogP contribution in [0.3, 0.4) is 0 Å². The first-order chi connectivity index (χ1) is 9.33. The number of rotatable bonds is 8. The zero-order chi connectivity index (χ0) is 13.5. The van der Waals surface area contributed by atoms with Gasteiger partial charge in [-0.1, -0.05) is 19.9 Å². The number of hydrogen-bond acceptors (Lipinski definition) is 4. The van der Waals surface area contributed by atoms with Crippen LogP contribution >= 0.6 is 0 Å². The highest BCUT2D eigenvalue weighted by Crippen LogP contribution is 2.32. The van der Waals surface area contributed by atoms with Gasteiger partial charge in [0.1, 0.15) is 0 Å². The fraction of sp³-hybridized carbons (Fsp3) is 0.600. The maximum atomic E-state index is 5.37. The molecule has 19 heavy (non-hydrogen) atoms. The van der Waals surface area contributed by atoms with Crippen LogP contribution in [0, 0.1) is 0 Å². The molecule has 0 saturated carbocycles. The van der Waals surface area contributed by atoms with Crippen LogP contribution < -0.4 is 14.8 Å². The van der Waals surface area contributed by atoms with E-state index in [4.69, 9.17) is 9.47 Å². The lowest BCUT2D eigenvalue weighted by atomic mass is 10.2. The van der Waals surface area contributed by atoms with Crippen LogP contribution in [0.15, 0.2) is 18.2 Å². The third kappa shape index (κ3) is 4.11. The Morgan fingerprint density at radius 3 is 2.79 bits per heavy atom.